The molecule has 164 valence electrons. The summed E-state index contributed by atoms with van der Waals surface area (Å²) in [6, 6.07) is 21.4. The fourth-order valence-corrected chi connectivity index (χ4v) is 5.59. The van der Waals surface area contributed by atoms with Crippen molar-refractivity contribution in [3.05, 3.63) is 90.0 Å². The Morgan fingerprint density at radius 2 is 1.62 bits per heavy atom. The summed E-state index contributed by atoms with van der Waals surface area (Å²) in [6.07, 6.45) is -0.307. The lowest BCUT2D eigenvalue weighted by Gasteiger charge is -2.37. The second-order valence-electron chi connectivity index (χ2n) is 7.56. The Balaban J connectivity index is 1.68. The van der Waals surface area contributed by atoms with Gasteiger partial charge in [-0.3, -0.25) is 13.9 Å². The summed E-state index contributed by atoms with van der Waals surface area (Å²) in [5.74, 6) is -0.964. The number of nitrogens with one attached hydrogen (secondary N) is 2. The van der Waals surface area contributed by atoms with Crippen LogP contribution in [0.1, 0.15) is 17.5 Å². The summed E-state index contributed by atoms with van der Waals surface area (Å²) in [5, 5.41) is 5.51. The Labute approximate surface area is 187 Å². The van der Waals surface area contributed by atoms with Gasteiger partial charge in [0.2, 0.25) is 11.8 Å². The predicted molar refractivity (Wildman–Crippen MR) is 123 cm³/mol. The largest absolute Gasteiger partial charge is 0.352 e. The van der Waals surface area contributed by atoms with Gasteiger partial charge in [-0.05, 0) is 36.2 Å². The highest BCUT2D eigenvalue weighted by Crippen LogP contribution is 2.37. The molecule has 32 heavy (non-hydrogen) atoms. The molecule has 1 aliphatic heterocycles. The molecule has 0 aliphatic carbocycles. The summed E-state index contributed by atoms with van der Waals surface area (Å²) in [6.45, 7) is 1.99. The number of para-hydroxylation sites is 2. The van der Waals surface area contributed by atoms with Crippen molar-refractivity contribution < 1.29 is 18.0 Å². The zero-order valence-electron chi connectivity index (χ0n) is 17.5. The van der Waals surface area contributed by atoms with Gasteiger partial charge in [0.25, 0.3) is 10.0 Å². The van der Waals surface area contributed by atoms with Crippen LogP contribution in [0.3, 0.4) is 0 Å². The van der Waals surface area contributed by atoms with Crippen LogP contribution in [0.4, 0.5) is 11.4 Å². The van der Waals surface area contributed by atoms with Gasteiger partial charge in [0.1, 0.15) is 6.04 Å². The van der Waals surface area contributed by atoms with E-state index >= 15 is 0 Å². The second kappa shape index (κ2) is 8.84. The summed E-state index contributed by atoms with van der Waals surface area (Å²) in [7, 11) is -4.11. The number of amides is 2. The van der Waals surface area contributed by atoms with Crippen molar-refractivity contribution in [1.29, 1.82) is 0 Å². The van der Waals surface area contributed by atoms with Gasteiger partial charge in [-0.25, -0.2) is 8.42 Å². The van der Waals surface area contributed by atoms with E-state index < -0.39 is 27.9 Å². The molecule has 8 heteroatoms. The molecule has 4 rings (SSSR count). The third kappa shape index (κ3) is 4.22. The van der Waals surface area contributed by atoms with Gasteiger partial charge in [-0.1, -0.05) is 60.7 Å². The Kier molecular flexibility index (Phi) is 5.96. The summed E-state index contributed by atoms with van der Waals surface area (Å²) in [5.41, 5.74) is 2.18. The van der Waals surface area contributed by atoms with Crippen molar-refractivity contribution in [2.24, 2.45) is 0 Å². The quantitative estimate of drug-likeness (QED) is 0.604. The van der Waals surface area contributed by atoms with Crippen LogP contribution in [-0.4, -0.2) is 26.3 Å². The molecule has 0 bridgehead atoms. The first-order chi connectivity index (χ1) is 15.4. The molecule has 1 atom stereocenters. The molecule has 0 fully saturated rings. The molecule has 0 spiro atoms. The molecule has 1 heterocycles. The lowest BCUT2D eigenvalue weighted by atomic mass is 10.1. The van der Waals surface area contributed by atoms with Gasteiger partial charge < -0.3 is 10.6 Å². The maximum absolute atomic E-state index is 13.7. The minimum Gasteiger partial charge on any atom is -0.352 e. The molecule has 0 saturated carbocycles. The van der Waals surface area contributed by atoms with Gasteiger partial charge in [-0.2, -0.15) is 0 Å². The second-order valence-corrected chi connectivity index (χ2v) is 9.34. The number of fused-ring (bicyclic) bond motifs is 1. The van der Waals surface area contributed by atoms with Crippen LogP contribution < -0.4 is 14.9 Å². The average Bonchev–Trinajstić information content (AvgIpc) is 2.79. The van der Waals surface area contributed by atoms with E-state index in [1.807, 2.05) is 30.3 Å². The number of benzene rings is 3. The SMILES string of the molecule is Cc1ccccc1S(=O)(=O)N1c2ccccc2NC(=O)C1CC(=O)NCc1ccccc1. The molecular formula is C24H23N3O4S. The standard InChI is InChI=1S/C24H23N3O4S/c1-17-9-5-8-14-22(17)32(30,31)27-20-13-7-6-12-19(20)26-24(29)21(27)15-23(28)25-16-18-10-3-2-4-11-18/h2-14,21H,15-16H2,1H3,(H,25,28)(H,26,29). The maximum Gasteiger partial charge on any atom is 0.265 e. The van der Waals surface area contributed by atoms with Crippen molar-refractivity contribution >= 4 is 33.2 Å². The zero-order valence-corrected chi connectivity index (χ0v) is 18.3. The minimum atomic E-state index is -4.11. The number of hydrogen-bond donors (Lipinski definition) is 2. The number of aryl methyl sites for hydroxylation is 1. The smallest absolute Gasteiger partial charge is 0.265 e. The van der Waals surface area contributed by atoms with E-state index in [4.69, 9.17) is 0 Å². The molecule has 0 radical (unpaired) electrons. The maximum atomic E-state index is 13.7. The van der Waals surface area contributed by atoms with Crippen LogP contribution >= 0.6 is 0 Å². The topological polar surface area (TPSA) is 95.6 Å². The normalized spacial score (nSPS) is 15.6. The molecule has 1 unspecified atom stereocenters. The first kappa shape index (κ1) is 21.6. The van der Waals surface area contributed by atoms with Crippen molar-refractivity contribution in [2.75, 3.05) is 9.62 Å². The van der Waals surface area contributed by atoms with Crippen molar-refractivity contribution in [1.82, 2.24) is 5.32 Å². The lowest BCUT2D eigenvalue weighted by Crippen LogP contribution is -2.52. The monoisotopic (exact) mass is 449 g/mol. The number of sulfonamides is 1. The molecule has 1 aliphatic rings. The highest BCUT2D eigenvalue weighted by Gasteiger charge is 2.42. The highest BCUT2D eigenvalue weighted by molar-refractivity contribution is 7.93. The third-order valence-electron chi connectivity index (χ3n) is 5.33. The van der Waals surface area contributed by atoms with Crippen LogP contribution in [0.25, 0.3) is 0 Å². The fourth-order valence-electron chi connectivity index (χ4n) is 3.73. The van der Waals surface area contributed by atoms with E-state index in [1.54, 1.807) is 49.4 Å². The number of carbonyl (C=O) groups excluding carboxylic acids is 2. The zero-order chi connectivity index (χ0) is 22.7. The Hall–Kier alpha value is -3.65. The highest BCUT2D eigenvalue weighted by atomic mass is 32.2. The van der Waals surface area contributed by atoms with Crippen LogP contribution in [0.5, 0.6) is 0 Å². The summed E-state index contributed by atoms with van der Waals surface area (Å²) < 4.78 is 28.5. The first-order valence-corrected chi connectivity index (χ1v) is 11.6. The van der Waals surface area contributed by atoms with Gasteiger partial charge in [0.15, 0.2) is 0 Å². The summed E-state index contributed by atoms with van der Waals surface area (Å²) in [4.78, 5) is 25.7. The summed E-state index contributed by atoms with van der Waals surface area (Å²) >= 11 is 0. The molecule has 2 amide bonds. The molecule has 0 aromatic heterocycles. The fraction of sp³-hybridized carbons (Fsp3) is 0.167. The van der Waals surface area contributed by atoms with E-state index in [0.717, 1.165) is 9.87 Å². The number of nitrogens with zero attached hydrogens (tertiary/aromatic N) is 1. The molecule has 3 aromatic rings. The van der Waals surface area contributed by atoms with Crippen LogP contribution in [0.15, 0.2) is 83.8 Å². The Morgan fingerprint density at radius 1 is 0.969 bits per heavy atom. The van der Waals surface area contributed by atoms with E-state index in [2.05, 4.69) is 10.6 Å². The van der Waals surface area contributed by atoms with E-state index in [1.165, 1.54) is 6.07 Å². The lowest BCUT2D eigenvalue weighted by molar-refractivity contribution is -0.125. The third-order valence-corrected chi connectivity index (χ3v) is 7.31. The predicted octanol–water partition coefficient (Wildman–Crippen LogP) is 3.22. The van der Waals surface area contributed by atoms with E-state index in [0.29, 0.717) is 16.9 Å². The van der Waals surface area contributed by atoms with Gasteiger partial charge in [0.05, 0.1) is 22.7 Å². The van der Waals surface area contributed by atoms with E-state index in [9.17, 15) is 18.0 Å². The molecular weight excluding hydrogens is 426 g/mol. The number of anilines is 2. The van der Waals surface area contributed by atoms with Crippen molar-refractivity contribution in [3.63, 3.8) is 0 Å². The number of carbonyl (C=O) groups is 2. The molecule has 7 nitrogen and oxygen atoms in total. The Morgan fingerprint density at radius 3 is 2.38 bits per heavy atom. The van der Waals surface area contributed by atoms with Crippen LogP contribution in [0, 0.1) is 6.92 Å². The number of hydrogen-bond acceptors (Lipinski definition) is 4. The number of rotatable bonds is 6. The van der Waals surface area contributed by atoms with Gasteiger partial charge >= 0.3 is 0 Å². The molecule has 2 N–H and O–H groups in total. The first-order valence-electron chi connectivity index (χ1n) is 10.2. The molecule has 3 aromatic carbocycles. The van der Waals surface area contributed by atoms with Crippen LogP contribution in [-0.2, 0) is 26.2 Å². The van der Waals surface area contributed by atoms with E-state index in [-0.39, 0.29) is 17.9 Å². The molecule has 0 saturated heterocycles. The average molecular weight is 450 g/mol. The minimum absolute atomic E-state index is 0.0965. The van der Waals surface area contributed by atoms with Crippen molar-refractivity contribution in [3.8, 4) is 0 Å². The van der Waals surface area contributed by atoms with Gasteiger partial charge in [-0.15, -0.1) is 0 Å². The van der Waals surface area contributed by atoms with Crippen molar-refractivity contribution in [2.45, 2.75) is 30.8 Å². The van der Waals surface area contributed by atoms with Gasteiger partial charge in [0, 0.05) is 6.54 Å². The Bertz CT molecular complexity index is 1260. The van der Waals surface area contributed by atoms with Crippen LogP contribution in [0.2, 0.25) is 0 Å².